The zero-order valence-electron chi connectivity index (χ0n) is 35.5. The molecule has 6 nitrogen and oxygen atoms in total. The molecule has 11 aromatic rings. The van der Waals surface area contributed by atoms with Crippen LogP contribution in [-0.2, 0) is 27.7 Å². The van der Waals surface area contributed by atoms with Crippen molar-refractivity contribution in [1.82, 2.24) is 9.55 Å². The summed E-state index contributed by atoms with van der Waals surface area (Å²) in [7, 11) is 0. The first kappa shape index (κ1) is 40.8. The molecule has 12 rings (SSSR count). The minimum absolute atomic E-state index is 0. The van der Waals surface area contributed by atoms with E-state index in [-0.39, 0.29) is 21.1 Å². The average Bonchev–Trinajstić information content (AvgIpc) is 3.91. The number of benzene rings is 9. The van der Waals surface area contributed by atoms with Crippen LogP contribution in [0.2, 0.25) is 0 Å². The molecule has 316 valence electrons. The monoisotopic (exact) mass is 1030 g/mol. The van der Waals surface area contributed by atoms with Crippen LogP contribution in [0.4, 0.5) is 28.4 Å². The van der Waals surface area contributed by atoms with E-state index in [1.165, 1.54) is 0 Å². The Hall–Kier alpha value is -7.92. The molecule has 0 spiro atoms. The van der Waals surface area contributed by atoms with Gasteiger partial charge in [0, 0.05) is 56.8 Å². The molecule has 0 N–H and O–H groups in total. The first-order chi connectivity index (χ1) is 32.2. The molecule has 2 aromatic heterocycles. The fourth-order valence-corrected chi connectivity index (χ4v) is 9.14. The summed E-state index contributed by atoms with van der Waals surface area (Å²) >= 11 is 0. The van der Waals surface area contributed by atoms with Crippen molar-refractivity contribution < 1.29 is 25.8 Å². The Bertz CT molecular complexity index is 3450. The van der Waals surface area contributed by atoms with E-state index in [4.69, 9.17) is 10.1 Å². The van der Waals surface area contributed by atoms with E-state index in [0.29, 0.717) is 18.2 Å². The summed E-state index contributed by atoms with van der Waals surface area (Å²) < 4.78 is 8.84. The van der Waals surface area contributed by atoms with Crippen molar-refractivity contribution in [2.75, 3.05) is 9.80 Å². The van der Waals surface area contributed by atoms with Gasteiger partial charge in [0.15, 0.2) is 0 Å². The minimum Gasteiger partial charge on any atom is -0.668 e. The van der Waals surface area contributed by atoms with Gasteiger partial charge < -0.3 is 24.4 Å². The van der Waals surface area contributed by atoms with E-state index in [1.54, 1.807) is 0 Å². The second-order valence-electron chi connectivity index (χ2n) is 16.0. The minimum atomic E-state index is 0. The van der Waals surface area contributed by atoms with Crippen molar-refractivity contribution in [3.63, 3.8) is 0 Å². The quantitative estimate of drug-likeness (QED) is 0.128. The van der Waals surface area contributed by atoms with Crippen molar-refractivity contribution >= 4 is 61.1 Å². The standard InChI is InChI=1S/C59H39N5O.Pt/c1-3-15-41(16-4-1)49-23-14-24-50(42-17-5-2-6-18-42)59(49)64-40-63(56-27-11-12-28-57(56)64)45-19-13-20-46(37-45)65-47-33-34-53-52-22-8-10-26-55(52)62(58(53)38-47)39-61-44-31-29-43(30-32-44)48-35-36-60-54-25-9-7-21-51(48)54;/h1-36,40H,39H2;/q-4;+4. The number of nitrogens with zero attached hydrogens (tertiary/aromatic N) is 5. The van der Waals surface area contributed by atoms with E-state index in [0.717, 1.165) is 94.5 Å². The molecule has 66 heavy (non-hydrogen) atoms. The Labute approximate surface area is 398 Å². The van der Waals surface area contributed by atoms with Gasteiger partial charge in [-0.2, -0.15) is 12.1 Å². The molecule has 0 saturated carbocycles. The summed E-state index contributed by atoms with van der Waals surface area (Å²) in [4.78, 5) is 9.04. The van der Waals surface area contributed by atoms with E-state index in [9.17, 15) is 0 Å². The van der Waals surface area contributed by atoms with Crippen LogP contribution < -0.4 is 14.5 Å². The summed E-state index contributed by atoms with van der Waals surface area (Å²) in [5, 5.41) is 8.45. The Kier molecular flexibility index (Phi) is 10.9. The van der Waals surface area contributed by atoms with E-state index in [1.807, 2.05) is 36.5 Å². The Morgan fingerprint density at radius 1 is 0.485 bits per heavy atom. The fraction of sp³-hybridized carbons (Fsp3) is 0.0169. The summed E-state index contributed by atoms with van der Waals surface area (Å²) in [6.07, 6.45) is 1.87. The van der Waals surface area contributed by atoms with Gasteiger partial charge in [0.25, 0.3) is 0 Å². The number of pyridine rings is 1. The van der Waals surface area contributed by atoms with Gasteiger partial charge in [0.1, 0.15) is 0 Å². The van der Waals surface area contributed by atoms with Gasteiger partial charge in [0.2, 0.25) is 0 Å². The van der Waals surface area contributed by atoms with E-state index >= 15 is 0 Å². The number of ether oxygens (including phenoxy) is 1. The molecule has 3 heterocycles. The molecule has 0 bridgehead atoms. The fourth-order valence-electron chi connectivity index (χ4n) is 9.14. The van der Waals surface area contributed by atoms with Gasteiger partial charge in [-0.25, -0.2) is 0 Å². The summed E-state index contributed by atoms with van der Waals surface area (Å²) in [5.41, 5.74) is 14.8. The van der Waals surface area contributed by atoms with Crippen LogP contribution in [0.25, 0.3) is 71.4 Å². The Balaban J connectivity index is 0.00000481. The first-order valence-electron chi connectivity index (χ1n) is 21.7. The summed E-state index contributed by atoms with van der Waals surface area (Å²) in [6, 6.07) is 80.8. The van der Waals surface area contributed by atoms with Gasteiger partial charge in [-0.15, -0.1) is 53.8 Å². The molecule has 0 radical (unpaired) electrons. The number of anilines is 4. The molecule has 0 saturated heterocycles. The number of hydrogen-bond acceptors (Lipinski definition) is 4. The third-order valence-corrected chi connectivity index (χ3v) is 12.2. The molecule has 1 aliphatic rings. The molecule has 0 unspecified atom stereocenters. The van der Waals surface area contributed by atoms with Crippen LogP contribution in [0.3, 0.4) is 0 Å². The summed E-state index contributed by atoms with van der Waals surface area (Å²) in [5.74, 6) is 1.19. The smallest absolute Gasteiger partial charge is 0.668 e. The van der Waals surface area contributed by atoms with Crippen LogP contribution in [0, 0.1) is 18.8 Å². The second kappa shape index (κ2) is 17.6. The first-order valence-corrected chi connectivity index (χ1v) is 21.7. The second-order valence-corrected chi connectivity index (χ2v) is 16.0. The molecule has 0 fully saturated rings. The van der Waals surface area contributed by atoms with E-state index < -0.39 is 0 Å². The van der Waals surface area contributed by atoms with Crippen LogP contribution in [0.15, 0.2) is 219 Å². The Morgan fingerprint density at radius 2 is 1.11 bits per heavy atom. The Morgan fingerprint density at radius 3 is 1.86 bits per heavy atom. The molecule has 7 heteroatoms. The van der Waals surface area contributed by atoms with Crippen molar-refractivity contribution in [2.45, 2.75) is 6.67 Å². The number of fused-ring (bicyclic) bond motifs is 5. The van der Waals surface area contributed by atoms with Crippen molar-refractivity contribution in [3.8, 4) is 44.9 Å². The van der Waals surface area contributed by atoms with Crippen LogP contribution >= 0.6 is 0 Å². The topological polar surface area (TPSA) is 47.6 Å². The number of rotatable bonds is 10. The van der Waals surface area contributed by atoms with Crippen LogP contribution in [0.1, 0.15) is 0 Å². The maximum Gasteiger partial charge on any atom is 4.00 e. The van der Waals surface area contributed by atoms with Gasteiger partial charge in [-0.3, -0.25) is 4.98 Å². The largest absolute Gasteiger partial charge is 4.00 e. The molecule has 1 aliphatic heterocycles. The predicted molar refractivity (Wildman–Crippen MR) is 266 cm³/mol. The number of aromatic nitrogens is 2. The average molecular weight is 1030 g/mol. The molecule has 0 aliphatic carbocycles. The van der Waals surface area contributed by atoms with Crippen molar-refractivity contribution in [3.05, 3.63) is 243 Å². The zero-order chi connectivity index (χ0) is 43.1. The maximum atomic E-state index is 6.63. The van der Waals surface area contributed by atoms with Gasteiger partial charge in [-0.05, 0) is 58.0 Å². The third-order valence-electron chi connectivity index (χ3n) is 12.2. The van der Waals surface area contributed by atoms with Gasteiger partial charge in [0.05, 0.1) is 5.52 Å². The summed E-state index contributed by atoms with van der Waals surface area (Å²) in [6.45, 7) is 2.59. The van der Waals surface area contributed by atoms with Crippen molar-refractivity contribution in [1.29, 1.82) is 0 Å². The molecular weight excluding hydrogens is 990 g/mol. The normalized spacial score (nSPS) is 12.1. The SMILES string of the molecule is [Pt+4].[c-]1c(Oc2[c-]c3c(cc2)c2ccccc2n3C[N-]c2ccc(-c3ccnc4ccccc34)cc2)cccc1N1[CH-]N(c2c(-c3ccccc3)cccc2-c2ccccc2)c2ccccc21. The maximum absolute atomic E-state index is 6.63. The van der Waals surface area contributed by atoms with Crippen LogP contribution in [-0.4, -0.2) is 9.55 Å². The molecule has 0 amide bonds. The third kappa shape index (κ3) is 7.45. The number of para-hydroxylation sites is 5. The van der Waals surface area contributed by atoms with Gasteiger partial charge in [-0.1, -0.05) is 164 Å². The predicted octanol–water partition coefficient (Wildman–Crippen LogP) is 15.8. The van der Waals surface area contributed by atoms with Gasteiger partial charge >= 0.3 is 21.1 Å². The molecule has 9 aromatic carbocycles. The molecule has 0 atom stereocenters. The molecular formula is C59H39N5OPt. The van der Waals surface area contributed by atoms with Crippen LogP contribution in [0.5, 0.6) is 11.5 Å². The van der Waals surface area contributed by atoms with E-state index in [2.05, 4.69) is 220 Å². The number of hydrogen-bond donors (Lipinski definition) is 0. The van der Waals surface area contributed by atoms with Crippen molar-refractivity contribution in [2.24, 2.45) is 0 Å². The zero-order valence-corrected chi connectivity index (χ0v) is 37.8.